The van der Waals surface area contributed by atoms with Crippen molar-refractivity contribution in [3.8, 4) is 11.5 Å². The summed E-state index contributed by atoms with van der Waals surface area (Å²) in [5, 5.41) is 22.1. The Morgan fingerprint density at radius 2 is 2.13 bits per heavy atom. The zero-order valence-electron chi connectivity index (χ0n) is 8.66. The molecule has 4 nitrogen and oxygen atoms in total. The van der Waals surface area contributed by atoms with Crippen LogP contribution in [0.15, 0.2) is 18.2 Å². The van der Waals surface area contributed by atoms with Crippen LogP contribution in [0.1, 0.15) is 5.56 Å². The summed E-state index contributed by atoms with van der Waals surface area (Å²) in [5.74, 6) is 0.373. The van der Waals surface area contributed by atoms with Gasteiger partial charge in [0.1, 0.15) is 11.5 Å². The van der Waals surface area contributed by atoms with Gasteiger partial charge in [-0.3, -0.25) is 0 Å². The van der Waals surface area contributed by atoms with Gasteiger partial charge in [0.15, 0.2) is 0 Å². The molecule has 1 heterocycles. The molecule has 1 aliphatic heterocycles. The van der Waals surface area contributed by atoms with Crippen LogP contribution in [-0.4, -0.2) is 36.0 Å². The Hall–Kier alpha value is -1.26. The van der Waals surface area contributed by atoms with Crippen LogP contribution >= 0.6 is 0 Å². The molecule has 1 aromatic carbocycles. The average molecular weight is 209 g/mol. The first-order chi connectivity index (χ1) is 7.15. The van der Waals surface area contributed by atoms with Crippen LogP contribution in [-0.2, 0) is 11.2 Å². The first kappa shape index (κ1) is 10.3. The Morgan fingerprint density at radius 3 is 2.67 bits per heavy atom. The predicted molar refractivity (Wildman–Crippen MR) is 56.1 cm³/mol. The molecular formula is C11H15NO3. The van der Waals surface area contributed by atoms with Gasteiger partial charge in [-0.2, -0.15) is 0 Å². The molecule has 1 aromatic rings. The van der Waals surface area contributed by atoms with E-state index in [1.807, 2.05) is 0 Å². The van der Waals surface area contributed by atoms with Gasteiger partial charge in [-0.05, 0) is 18.2 Å². The molecule has 2 rings (SSSR count). The Morgan fingerprint density at radius 1 is 1.40 bits per heavy atom. The molecule has 0 radical (unpaired) electrons. The standard InChI is InChI=1S/C11H15NO3/c1-15-11(6-12-7-11)5-8-4-9(13)2-3-10(8)14/h2-4,12-14H,5-7H2,1H3. The van der Waals surface area contributed by atoms with Gasteiger partial charge < -0.3 is 20.3 Å². The van der Waals surface area contributed by atoms with Gasteiger partial charge in [-0.1, -0.05) is 0 Å². The molecule has 3 N–H and O–H groups in total. The second-order valence-electron chi connectivity index (χ2n) is 3.98. The van der Waals surface area contributed by atoms with Crippen molar-refractivity contribution >= 4 is 0 Å². The zero-order chi connectivity index (χ0) is 10.9. The molecule has 1 aliphatic rings. The maximum atomic E-state index is 9.63. The van der Waals surface area contributed by atoms with Crippen LogP contribution in [0.5, 0.6) is 11.5 Å². The van der Waals surface area contributed by atoms with E-state index < -0.39 is 0 Å². The van der Waals surface area contributed by atoms with Crippen molar-refractivity contribution in [3.05, 3.63) is 23.8 Å². The first-order valence-corrected chi connectivity index (χ1v) is 4.92. The summed E-state index contributed by atoms with van der Waals surface area (Å²) in [6.45, 7) is 1.55. The van der Waals surface area contributed by atoms with Crippen molar-refractivity contribution < 1.29 is 14.9 Å². The number of hydrogen-bond donors (Lipinski definition) is 3. The van der Waals surface area contributed by atoms with Crippen LogP contribution in [0.3, 0.4) is 0 Å². The highest BCUT2D eigenvalue weighted by Gasteiger charge is 2.37. The Labute approximate surface area is 88.5 Å². The topological polar surface area (TPSA) is 61.7 Å². The largest absolute Gasteiger partial charge is 0.508 e. The number of hydrogen-bond acceptors (Lipinski definition) is 4. The van der Waals surface area contributed by atoms with Crippen LogP contribution < -0.4 is 5.32 Å². The van der Waals surface area contributed by atoms with Crippen molar-refractivity contribution in [2.45, 2.75) is 12.0 Å². The fraction of sp³-hybridized carbons (Fsp3) is 0.455. The number of benzene rings is 1. The molecule has 1 fully saturated rings. The van der Waals surface area contributed by atoms with Gasteiger partial charge in [-0.25, -0.2) is 0 Å². The maximum absolute atomic E-state index is 9.63. The van der Waals surface area contributed by atoms with E-state index in [1.54, 1.807) is 13.2 Å². The second-order valence-corrected chi connectivity index (χ2v) is 3.98. The molecule has 0 atom stereocenters. The minimum Gasteiger partial charge on any atom is -0.508 e. The minimum absolute atomic E-state index is 0.168. The van der Waals surface area contributed by atoms with Gasteiger partial charge in [0.2, 0.25) is 0 Å². The Bertz CT molecular complexity index is 355. The average Bonchev–Trinajstić information content (AvgIpc) is 2.17. The zero-order valence-corrected chi connectivity index (χ0v) is 8.66. The summed E-state index contributed by atoms with van der Waals surface area (Å²) in [6, 6.07) is 4.55. The summed E-state index contributed by atoms with van der Waals surface area (Å²) in [6.07, 6.45) is 0.608. The summed E-state index contributed by atoms with van der Waals surface area (Å²) in [7, 11) is 1.67. The number of rotatable bonds is 3. The summed E-state index contributed by atoms with van der Waals surface area (Å²) >= 11 is 0. The number of aromatic hydroxyl groups is 2. The number of methoxy groups -OCH3 is 1. The SMILES string of the molecule is COC1(Cc2cc(O)ccc2O)CNC1. The lowest BCUT2D eigenvalue weighted by atomic mass is 9.88. The van der Waals surface area contributed by atoms with Crippen LogP contribution in [0.2, 0.25) is 0 Å². The third-order valence-electron chi connectivity index (χ3n) is 2.90. The monoisotopic (exact) mass is 209 g/mol. The third-order valence-corrected chi connectivity index (χ3v) is 2.90. The van der Waals surface area contributed by atoms with E-state index in [4.69, 9.17) is 4.74 Å². The first-order valence-electron chi connectivity index (χ1n) is 4.92. The van der Waals surface area contributed by atoms with Gasteiger partial charge in [0, 0.05) is 32.2 Å². The van der Waals surface area contributed by atoms with Gasteiger partial charge >= 0.3 is 0 Å². The lowest BCUT2D eigenvalue weighted by Crippen LogP contribution is -2.61. The van der Waals surface area contributed by atoms with E-state index in [1.165, 1.54) is 12.1 Å². The molecule has 4 heteroatoms. The molecule has 0 unspecified atom stereocenters. The molecular weight excluding hydrogens is 194 g/mol. The minimum atomic E-state index is -0.231. The van der Waals surface area contributed by atoms with Gasteiger partial charge in [0.05, 0.1) is 5.60 Å². The van der Waals surface area contributed by atoms with Crippen molar-refractivity contribution in [2.24, 2.45) is 0 Å². The van der Waals surface area contributed by atoms with Crippen LogP contribution in [0, 0.1) is 0 Å². The van der Waals surface area contributed by atoms with Crippen molar-refractivity contribution in [2.75, 3.05) is 20.2 Å². The highest BCUT2D eigenvalue weighted by Crippen LogP contribution is 2.29. The molecule has 0 aromatic heterocycles. The lowest BCUT2D eigenvalue weighted by molar-refractivity contribution is -0.0505. The predicted octanol–water partition coefficient (Wildman–Crippen LogP) is 0.629. The Balaban J connectivity index is 2.19. The molecule has 0 spiro atoms. The van der Waals surface area contributed by atoms with Gasteiger partial charge in [-0.15, -0.1) is 0 Å². The Kier molecular flexibility index (Phi) is 2.54. The quantitative estimate of drug-likeness (QED) is 0.639. The number of nitrogens with one attached hydrogen (secondary N) is 1. The van der Waals surface area contributed by atoms with Crippen LogP contribution in [0.25, 0.3) is 0 Å². The highest BCUT2D eigenvalue weighted by atomic mass is 16.5. The van der Waals surface area contributed by atoms with E-state index in [-0.39, 0.29) is 17.1 Å². The number of phenolic OH excluding ortho intramolecular Hbond substituents is 2. The lowest BCUT2D eigenvalue weighted by Gasteiger charge is -2.41. The summed E-state index contributed by atoms with van der Waals surface area (Å²) in [4.78, 5) is 0. The third kappa shape index (κ3) is 1.91. The highest BCUT2D eigenvalue weighted by molar-refractivity contribution is 5.39. The van der Waals surface area contributed by atoms with Crippen LogP contribution in [0.4, 0.5) is 0 Å². The number of ether oxygens (including phenoxy) is 1. The second kappa shape index (κ2) is 3.72. The molecule has 0 saturated carbocycles. The fourth-order valence-corrected chi connectivity index (χ4v) is 1.81. The van der Waals surface area contributed by atoms with E-state index in [0.717, 1.165) is 18.7 Å². The number of phenols is 2. The molecule has 0 bridgehead atoms. The van der Waals surface area contributed by atoms with Gasteiger partial charge in [0.25, 0.3) is 0 Å². The van der Waals surface area contributed by atoms with E-state index in [9.17, 15) is 10.2 Å². The van der Waals surface area contributed by atoms with E-state index >= 15 is 0 Å². The van der Waals surface area contributed by atoms with Crippen molar-refractivity contribution in [3.63, 3.8) is 0 Å². The van der Waals surface area contributed by atoms with Crippen molar-refractivity contribution in [1.29, 1.82) is 0 Å². The smallest absolute Gasteiger partial charge is 0.119 e. The maximum Gasteiger partial charge on any atom is 0.119 e. The van der Waals surface area contributed by atoms with Crippen molar-refractivity contribution in [1.82, 2.24) is 5.32 Å². The fourth-order valence-electron chi connectivity index (χ4n) is 1.81. The molecule has 0 aliphatic carbocycles. The molecule has 0 amide bonds. The molecule has 1 saturated heterocycles. The normalized spacial score (nSPS) is 18.5. The van der Waals surface area contributed by atoms with E-state index in [0.29, 0.717) is 6.42 Å². The molecule has 15 heavy (non-hydrogen) atoms. The summed E-state index contributed by atoms with van der Waals surface area (Å²) in [5.41, 5.74) is 0.490. The van der Waals surface area contributed by atoms with E-state index in [2.05, 4.69) is 5.32 Å². The summed E-state index contributed by atoms with van der Waals surface area (Å²) < 4.78 is 5.42. The molecule has 82 valence electrons.